The summed E-state index contributed by atoms with van der Waals surface area (Å²) < 4.78 is 11.2. The first-order chi connectivity index (χ1) is 5.68. The fraction of sp³-hybridized carbons (Fsp3) is 0.143. The number of rotatable bonds is 1. The summed E-state index contributed by atoms with van der Waals surface area (Å²) in [5.74, 6) is 0.420. The molecule has 62 valence electrons. The zero-order valence-electron chi connectivity index (χ0n) is 6.02. The van der Waals surface area contributed by atoms with E-state index in [4.69, 9.17) is 0 Å². The van der Waals surface area contributed by atoms with Crippen molar-refractivity contribution in [2.24, 2.45) is 0 Å². The highest BCUT2D eigenvalue weighted by Crippen LogP contribution is 2.30. The second kappa shape index (κ2) is 2.38. The van der Waals surface area contributed by atoms with E-state index >= 15 is 0 Å². The van der Waals surface area contributed by atoms with Gasteiger partial charge in [0.25, 0.3) is 5.69 Å². The topological polar surface area (TPSA) is 60.2 Å². The van der Waals surface area contributed by atoms with Crippen LogP contribution >= 0.6 is 0 Å². The third-order valence-electron chi connectivity index (χ3n) is 1.76. The molecule has 0 N–H and O–H groups in total. The standard InChI is InChI=1S/C7H5NO3S/c9-8(10)6-3-5-1-2-7(6)12(11)4-5/h1-3H,4H2. The van der Waals surface area contributed by atoms with E-state index in [-0.39, 0.29) is 5.69 Å². The van der Waals surface area contributed by atoms with Gasteiger partial charge in [-0.3, -0.25) is 14.3 Å². The lowest BCUT2D eigenvalue weighted by Gasteiger charge is -2.10. The SMILES string of the molecule is O=[N+]([O-])c1cc2ccc1S(=O)C2. The average molecular weight is 183 g/mol. The molecular weight excluding hydrogens is 178 g/mol. The molecule has 2 aliphatic heterocycles. The molecule has 0 radical (unpaired) electrons. The van der Waals surface area contributed by atoms with Crippen LogP contribution in [0.4, 0.5) is 5.69 Å². The Bertz CT molecular complexity index is 388. The second-order valence-electron chi connectivity index (χ2n) is 2.55. The summed E-state index contributed by atoms with van der Waals surface area (Å²) in [6, 6.07) is 4.81. The molecule has 12 heavy (non-hydrogen) atoms. The van der Waals surface area contributed by atoms with Crippen molar-refractivity contribution in [2.75, 3.05) is 0 Å². The molecule has 2 aliphatic rings. The minimum absolute atomic E-state index is 0.0166. The van der Waals surface area contributed by atoms with Gasteiger partial charge < -0.3 is 0 Å². The number of nitro benzene ring substituents is 1. The van der Waals surface area contributed by atoms with Crippen molar-refractivity contribution in [1.29, 1.82) is 0 Å². The maximum Gasteiger partial charge on any atom is 0.285 e. The van der Waals surface area contributed by atoms with Gasteiger partial charge in [-0.2, -0.15) is 0 Å². The summed E-state index contributed by atoms with van der Waals surface area (Å²) in [5, 5.41) is 10.4. The lowest BCUT2D eigenvalue weighted by molar-refractivity contribution is -0.387. The molecule has 0 amide bonds. The molecule has 2 heterocycles. The van der Waals surface area contributed by atoms with Gasteiger partial charge in [0.05, 0.1) is 21.5 Å². The summed E-state index contributed by atoms with van der Waals surface area (Å²) in [5.41, 5.74) is 0.757. The quantitative estimate of drug-likeness (QED) is 0.485. The maximum absolute atomic E-state index is 11.2. The molecule has 3 rings (SSSR count). The van der Waals surface area contributed by atoms with E-state index in [9.17, 15) is 14.3 Å². The highest BCUT2D eigenvalue weighted by Gasteiger charge is 2.24. The monoisotopic (exact) mass is 183 g/mol. The number of fused-ring (bicyclic) bond motifs is 3. The van der Waals surface area contributed by atoms with Gasteiger partial charge in [-0.1, -0.05) is 6.07 Å². The number of nitro groups is 1. The largest absolute Gasteiger partial charge is 0.285 e. The van der Waals surface area contributed by atoms with Gasteiger partial charge in [0.1, 0.15) is 4.90 Å². The zero-order valence-corrected chi connectivity index (χ0v) is 6.84. The Kier molecular flexibility index (Phi) is 1.47. The number of nitrogens with zero attached hydrogens (tertiary/aromatic N) is 1. The normalized spacial score (nSPS) is 19.5. The molecule has 0 aliphatic carbocycles. The summed E-state index contributed by atoms with van der Waals surface area (Å²) >= 11 is 0. The summed E-state index contributed by atoms with van der Waals surface area (Å²) in [6.07, 6.45) is 0. The predicted molar refractivity (Wildman–Crippen MR) is 43.2 cm³/mol. The van der Waals surface area contributed by atoms with Crippen molar-refractivity contribution < 1.29 is 9.13 Å². The molecule has 1 unspecified atom stereocenters. The number of hydrogen-bond acceptors (Lipinski definition) is 3. The fourth-order valence-electron chi connectivity index (χ4n) is 1.22. The third-order valence-corrected chi connectivity index (χ3v) is 3.19. The highest BCUT2D eigenvalue weighted by molar-refractivity contribution is 7.84. The molecule has 0 saturated heterocycles. The van der Waals surface area contributed by atoms with Crippen molar-refractivity contribution in [3.05, 3.63) is 33.9 Å². The van der Waals surface area contributed by atoms with Crippen LogP contribution in [0.1, 0.15) is 5.56 Å². The van der Waals surface area contributed by atoms with Crippen LogP contribution in [0.25, 0.3) is 0 Å². The highest BCUT2D eigenvalue weighted by atomic mass is 32.2. The predicted octanol–water partition coefficient (Wildman–Crippen LogP) is 1.22. The van der Waals surface area contributed by atoms with Crippen LogP contribution in [0, 0.1) is 10.1 Å². The fourth-order valence-corrected chi connectivity index (χ4v) is 2.44. The van der Waals surface area contributed by atoms with Gasteiger partial charge >= 0.3 is 0 Å². The maximum atomic E-state index is 11.2. The van der Waals surface area contributed by atoms with Gasteiger partial charge in [0, 0.05) is 6.07 Å². The van der Waals surface area contributed by atoms with E-state index in [1.54, 1.807) is 12.1 Å². The first kappa shape index (κ1) is 7.42. The lowest BCUT2D eigenvalue weighted by Crippen LogP contribution is -2.07. The summed E-state index contributed by atoms with van der Waals surface area (Å²) in [4.78, 5) is 10.3. The summed E-state index contributed by atoms with van der Waals surface area (Å²) in [6.45, 7) is 0. The number of hydrogen-bond donors (Lipinski definition) is 0. The minimum Gasteiger partial charge on any atom is -0.258 e. The Labute approximate surface area is 70.8 Å². The van der Waals surface area contributed by atoms with Crippen molar-refractivity contribution in [1.82, 2.24) is 0 Å². The number of benzene rings is 1. The van der Waals surface area contributed by atoms with Crippen molar-refractivity contribution in [2.45, 2.75) is 10.6 Å². The van der Waals surface area contributed by atoms with Crippen LogP contribution < -0.4 is 0 Å². The lowest BCUT2D eigenvalue weighted by atomic mass is 10.2. The molecule has 0 spiro atoms. The van der Waals surface area contributed by atoms with Crippen LogP contribution in [0.15, 0.2) is 23.1 Å². The van der Waals surface area contributed by atoms with E-state index in [0.29, 0.717) is 10.6 Å². The van der Waals surface area contributed by atoms with Gasteiger partial charge in [0.2, 0.25) is 0 Å². The first-order valence-electron chi connectivity index (χ1n) is 3.34. The van der Waals surface area contributed by atoms with Crippen molar-refractivity contribution in [3.63, 3.8) is 0 Å². The van der Waals surface area contributed by atoms with E-state index in [0.717, 1.165) is 5.56 Å². The van der Waals surface area contributed by atoms with E-state index in [1.165, 1.54) is 6.07 Å². The Morgan fingerprint density at radius 1 is 1.50 bits per heavy atom. The molecule has 4 nitrogen and oxygen atoms in total. The molecule has 2 bridgehead atoms. The molecule has 5 heteroatoms. The molecular formula is C7H5NO3S. The van der Waals surface area contributed by atoms with Crippen molar-refractivity contribution in [3.8, 4) is 0 Å². The Morgan fingerprint density at radius 2 is 2.25 bits per heavy atom. The minimum atomic E-state index is -1.20. The van der Waals surface area contributed by atoms with Crippen LogP contribution in [0.5, 0.6) is 0 Å². The smallest absolute Gasteiger partial charge is 0.258 e. The zero-order chi connectivity index (χ0) is 8.72. The summed E-state index contributed by atoms with van der Waals surface area (Å²) in [7, 11) is -1.20. The van der Waals surface area contributed by atoms with E-state index < -0.39 is 15.7 Å². The van der Waals surface area contributed by atoms with Crippen molar-refractivity contribution >= 4 is 16.5 Å². The van der Waals surface area contributed by atoms with E-state index in [1.807, 2.05) is 0 Å². The van der Waals surface area contributed by atoms with Crippen LogP contribution in [-0.2, 0) is 16.6 Å². The molecule has 1 aromatic carbocycles. The molecule has 0 saturated carbocycles. The second-order valence-corrected chi connectivity index (χ2v) is 3.97. The average Bonchev–Trinajstić information content (AvgIpc) is 2.04. The molecule has 0 aromatic heterocycles. The van der Waals surface area contributed by atoms with Crippen LogP contribution in [-0.4, -0.2) is 9.13 Å². The Balaban J connectivity index is 2.68. The van der Waals surface area contributed by atoms with E-state index in [2.05, 4.69) is 0 Å². The first-order valence-corrected chi connectivity index (χ1v) is 4.66. The molecule has 0 fully saturated rings. The molecule has 1 aromatic rings. The van der Waals surface area contributed by atoms with Crippen LogP contribution in [0.2, 0.25) is 0 Å². The van der Waals surface area contributed by atoms with Gasteiger partial charge in [-0.25, -0.2) is 0 Å². The third kappa shape index (κ3) is 0.937. The molecule has 1 atom stereocenters. The van der Waals surface area contributed by atoms with Gasteiger partial charge in [0.15, 0.2) is 0 Å². The van der Waals surface area contributed by atoms with Crippen LogP contribution in [0.3, 0.4) is 0 Å². The van der Waals surface area contributed by atoms with Gasteiger partial charge in [-0.15, -0.1) is 0 Å². The Hall–Kier alpha value is -1.23. The Morgan fingerprint density at radius 3 is 2.67 bits per heavy atom. The van der Waals surface area contributed by atoms with Gasteiger partial charge in [-0.05, 0) is 11.6 Å².